The minimum Gasteiger partial charge on any atom is -0.481 e. The van der Waals surface area contributed by atoms with E-state index in [1.807, 2.05) is 31.2 Å². The standard InChI is InChI=1S/C18H19ClFNO2/c1-12-4-2-3-5-14(12)18(17-11-21-8-9-22-17)23-16-10-13(20)6-7-15(16)19/h2-7,10,17-18,21H,8-9,11H2,1H3/t17-,18?/m0/s1. The summed E-state index contributed by atoms with van der Waals surface area (Å²) in [5, 5.41) is 3.69. The van der Waals surface area contributed by atoms with Crippen molar-refractivity contribution in [1.82, 2.24) is 5.32 Å². The minimum atomic E-state index is -0.379. The molecule has 1 aliphatic rings. The van der Waals surface area contributed by atoms with Crippen molar-refractivity contribution >= 4 is 11.6 Å². The number of nitrogens with one attached hydrogen (secondary N) is 1. The molecule has 2 atom stereocenters. The first-order chi connectivity index (χ1) is 11.1. The van der Waals surface area contributed by atoms with E-state index in [1.54, 1.807) is 0 Å². The largest absolute Gasteiger partial charge is 0.481 e. The molecule has 1 unspecified atom stereocenters. The van der Waals surface area contributed by atoms with Crippen molar-refractivity contribution in [2.75, 3.05) is 19.7 Å². The minimum absolute atomic E-state index is 0.163. The van der Waals surface area contributed by atoms with E-state index >= 15 is 0 Å². The zero-order valence-electron chi connectivity index (χ0n) is 12.9. The summed E-state index contributed by atoms with van der Waals surface area (Å²) >= 11 is 6.16. The normalized spacial score (nSPS) is 19.3. The molecule has 0 aliphatic carbocycles. The van der Waals surface area contributed by atoms with E-state index in [2.05, 4.69) is 5.32 Å². The van der Waals surface area contributed by atoms with Crippen LogP contribution >= 0.6 is 11.6 Å². The summed E-state index contributed by atoms with van der Waals surface area (Å²) < 4.78 is 25.5. The molecule has 0 bridgehead atoms. The van der Waals surface area contributed by atoms with Gasteiger partial charge in [-0.15, -0.1) is 0 Å². The molecule has 0 amide bonds. The van der Waals surface area contributed by atoms with Crippen LogP contribution in [0.3, 0.4) is 0 Å². The van der Waals surface area contributed by atoms with Gasteiger partial charge >= 0.3 is 0 Å². The van der Waals surface area contributed by atoms with E-state index in [9.17, 15) is 4.39 Å². The first-order valence-corrected chi connectivity index (χ1v) is 8.02. The van der Waals surface area contributed by atoms with Crippen LogP contribution in [0.4, 0.5) is 4.39 Å². The Balaban J connectivity index is 1.94. The lowest BCUT2D eigenvalue weighted by atomic mass is 9.98. The zero-order valence-corrected chi connectivity index (χ0v) is 13.6. The molecule has 122 valence electrons. The summed E-state index contributed by atoms with van der Waals surface area (Å²) in [5.41, 5.74) is 2.11. The molecule has 3 rings (SSSR count). The number of aryl methyl sites for hydroxylation is 1. The second-order valence-electron chi connectivity index (χ2n) is 5.58. The number of hydrogen-bond donors (Lipinski definition) is 1. The summed E-state index contributed by atoms with van der Waals surface area (Å²) in [6, 6.07) is 12.1. The summed E-state index contributed by atoms with van der Waals surface area (Å²) in [6.45, 7) is 4.13. The third kappa shape index (κ3) is 3.83. The molecule has 1 fully saturated rings. The van der Waals surface area contributed by atoms with Gasteiger partial charge in [-0.2, -0.15) is 0 Å². The Labute approximate surface area is 140 Å². The van der Waals surface area contributed by atoms with Gasteiger partial charge in [0.25, 0.3) is 0 Å². The molecule has 0 saturated carbocycles. The first-order valence-electron chi connectivity index (χ1n) is 7.64. The predicted molar refractivity (Wildman–Crippen MR) is 88.6 cm³/mol. The van der Waals surface area contributed by atoms with Gasteiger partial charge in [0.1, 0.15) is 17.7 Å². The van der Waals surface area contributed by atoms with E-state index in [1.165, 1.54) is 18.2 Å². The maximum atomic E-state index is 13.5. The molecule has 1 saturated heterocycles. The van der Waals surface area contributed by atoms with Gasteiger partial charge < -0.3 is 14.8 Å². The van der Waals surface area contributed by atoms with Crippen LogP contribution in [0, 0.1) is 12.7 Å². The maximum absolute atomic E-state index is 13.5. The Hall–Kier alpha value is -1.62. The topological polar surface area (TPSA) is 30.5 Å². The molecule has 0 spiro atoms. The van der Waals surface area contributed by atoms with E-state index in [4.69, 9.17) is 21.1 Å². The fourth-order valence-corrected chi connectivity index (χ4v) is 2.89. The van der Waals surface area contributed by atoms with Crippen LogP contribution in [0.5, 0.6) is 5.75 Å². The van der Waals surface area contributed by atoms with Crippen molar-refractivity contribution in [2.45, 2.75) is 19.1 Å². The quantitative estimate of drug-likeness (QED) is 0.919. The average molecular weight is 336 g/mol. The molecular weight excluding hydrogens is 317 g/mol. The van der Waals surface area contributed by atoms with Crippen molar-refractivity contribution in [3.63, 3.8) is 0 Å². The lowest BCUT2D eigenvalue weighted by Gasteiger charge is -2.32. The summed E-state index contributed by atoms with van der Waals surface area (Å²) in [5.74, 6) is -0.0512. The number of morpholine rings is 1. The van der Waals surface area contributed by atoms with Gasteiger partial charge in [-0.1, -0.05) is 35.9 Å². The zero-order chi connectivity index (χ0) is 16.2. The van der Waals surface area contributed by atoms with Gasteiger partial charge in [0.15, 0.2) is 6.10 Å². The Morgan fingerprint density at radius 2 is 2.13 bits per heavy atom. The summed E-state index contributed by atoms with van der Waals surface area (Å²) in [4.78, 5) is 0. The van der Waals surface area contributed by atoms with E-state index < -0.39 is 0 Å². The Morgan fingerprint density at radius 1 is 1.30 bits per heavy atom. The average Bonchev–Trinajstić information content (AvgIpc) is 2.57. The first kappa shape index (κ1) is 16.2. The van der Waals surface area contributed by atoms with Gasteiger partial charge in [0.2, 0.25) is 0 Å². The maximum Gasteiger partial charge on any atom is 0.151 e. The number of halogens is 2. The second-order valence-corrected chi connectivity index (χ2v) is 5.99. The van der Waals surface area contributed by atoms with E-state index in [0.717, 1.165) is 17.7 Å². The summed E-state index contributed by atoms with van der Waals surface area (Å²) in [7, 11) is 0. The van der Waals surface area contributed by atoms with Crippen LogP contribution < -0.4 is 10.1 Å². The second kappa shape index (κ2) is 7.30. The smallest absolute Gasteiger partial charge is 0.151 e. The van der Waals surface area contributed by atoms with Crippen LogP contribution in [0.15, 0.2) is 42.5 Å². The highest BCUT2D eigenvalue weighted by molar-refractivity contribution is 6.32. The highest BCUT2D eigenvalue weighted by Crippen LogP contribution is 2.33. The molecule has 23 heavy (non-hydrogen) atoms. The van der Waals surface area contributed by atoms with Crippen molar-refractivity contribution in [3.8, 4) is 5.75 Å². The lowest BCUT2D eigenvalue weighted by Crippen LogP contribution is -2.43. The lowest BCUT2D eigenvalue weighted by molar-refractivity contribution is -0.0434. The fourth-order valence-electron chi connectivity index (χ4n) is 2.73. The molecular formula is C18H19ClFNO2. The SMILES string of the molecule is Cc1ccccc1C(Oc1cc(F)ccc1Cl)[C@@H]1CNCCO1. The number of ether oxygens (including phenoxy) is 2. The van der Waals surface area contributed by atoms with Crippen LogP contribution in [0.25, 0.3) is 0 Å². The molecule has 1 heterocycles. The number of rotatable bonds is 4. The van der Waals surface area contributed by atoms with E-state index in [-0.39, 0.29) is 18.0 Å². The molecule has 5 heteroatoms. The van der Waals surface area contributed by atoms with Crippen LogP contribution in [0.1, 0.15) is 17.2 Å². The summed E-state index contributed by atoms with van der Waals surface area (Å²) in [6.07, 6.45) is -0.521. The Bertz CT molecular complexity index is 674. The highest BCUT2D eigenvalue weighted by Gasteiger charge is 2.29. The highest BCUT2D eigenvalue weighted by atomic mass is 35.5. The Morgan fingerprint density at radius 3 is 2.87 bits per heavy atom. The van der Waals surface area contributed by atoms with Crippen LogP contribution in [-0.2, 0) is 4.74 Å². The van der Waals surface area contributed by atoms with Gasteiger partial charge in [-0.05, 0) is 30.2 Å². The third-order valence-corrected chi connectivity index (χ3v) is 4.25. The fraction of sp³-hybridized carbons (Fsp3) is 0.333. The van der Waals surface area contributed by atoms with Gasteiger partial charge in [0, 0.05) is 19.2 Å². The third-order valence-electron chi connectivity index (χ3n) is 3.94. The van der Waals surface area contributed by atoms with Gasteiger partial charge in [-0.25, -0.2) is 4.39 Å². The van der Waals surface area contributed by atoms with Crippen LogP contribution in [-0.4, -0.2) is 25.8 Å². The molecule has 2 aromatic carbocycles. The molecule has 1 aliphatic heterocycles. The van der Waals surface area contributed by atoms with Gasteiger partial charge in [-0.3, -0.25) is 0 Å². The molecule has 2 aromatic rings. The van der Waals surface area contributed by atoms with Gasteiger partial charge in [0.05, 0.1) is 11.6 Å². The molecule has 3 nitrogen and oxygen atoms in total. The molecule has 0 aromatic heterocycles. The van der Waals surface area contributed by atoms with Crippen molar-refractivity contribution in [3.05, 3.63) is 64.4 Å². The van der Waals surface area contributed by atoms with Crippen molar-refractivity contribution in [2.24, 2.45) is 0 Å². The van der Waals surface area contributed by atoms with Crippen molar-refractivity contribution < 1.29 is 13.9 Å². The predicted octanol–water partition coefficient (Wildman–Crippen LogP) is 3.90. The molecule has 0 radical (unpaired) electrons. The van der Waals surface area contributed by atoms with E-state index in [0.29, 0.717) is 23.9 Å². The number of benzene rings is 2. The number of hydrogen-bond acceptors (Lipinski definition) is 3. The monoisotopic (exact) mass is 335 g/mol. The van der Waals surface area contributed by atoms with Crippen molar-refractivity contribution in [1.29, 1.82) is 0 Å². The molecule has 1 N–H and O–H groups in total. The van der Waals surface area contributed by atoms with Crippen LogP contribution in [0.2, 0.25) is 5.02 Å². The Kier molecular flexibility index (Phi) is 5.16.